The molecule has 0 radical (unpaired) electrons. The molecule has 0 bridgehead atoms. The molecule has 1 aliphatic carbocycles. The Morgan fingerprint density at radius 3 is 2.74 bits per heavy atom. The van der Waals surface area contributed by atoms with Crippen molar-refractivity contribution in [2.75, 3.05) is 16.0 Å². The molecule has 3 N–H and O–H groups in total. The maximum atomic E-state index is 13.6. The second-order valence-corrected chi connectivity index (χ2v) is 11.0. The number of allylic oxidation sites excluding steroid dienone is 3. The summed E-state index contributed by atoms with van der Waals surface area (Å²) in [5.74, 6) is -1.02. The number of thioether (sulfide) groups is 1. The molecule has 1 atom stereocenters. The zero-order valence-electron chi connectivity index (χ0n) is 20.4. The van der Waals surface area contributed by atoms with Gasteiger partial charge < -0.3 is 11.1 Å². The van der Waals surface area contributed by atoms with Crippen LogP contribution in [0.1, 0.15) is 36.3 Å². The Morgan fingerprint density at radius 1 is 1.24 bits per heavy atom. The summed E-state index contributed by atoms with van der Waals surface area (Å²) in [6.45, 7) is 1.92. The predicted octanol–water partition coefficient (Wildman–Crippen LogP) is 5.02. The molecule has 3 aromatic rings. The van der Waals surface area contributed by atoms with Gasteiger partial charge in [0, 0.05) is 23.4 Å². The number of nitriles is 1. The summed E-state index contributed by atoms with van der Waals surface area (Å²) in [7, 11) is 0. The highest BCUT2D eigenvalue weighted by atomic mass is 32.2. The van der Waals surface area contributed by atoms with Crippen molar-refractivity contribution in [2.24, 2.45) is 5.73 Å². The number of hydrogen-bond donors (Lipinski definition) is 2. The summed E-state index contributed by atoms with van der Waals surface area (Å²) in [5, 5.41) is 21.9. The largest absolute Gasteiger partial charge is 0.384 e. The molecular formula is C27H23FN6O2S2. The standard InChI is InChI=1S/C27H23FN6O2S2/c1-15-5-2-3-6-19(15)31-22(36)14-37-27-33-32-26(38-27)34-20-7-4-8-21(35)24(20)23(18(13-29)25(34)30)16-9-11-17(28)12-10-16/h2-3,5-6,9-12,23H,4,7-8,14,30H2,1H3,(H,31,36). The molecule has 0 spiro atoms. The fourth-order valence-corrected chi connectivity index (χ4v) is 6.35. The summed E-state index contributed by atoms with van der Waals surface area (Å²) >= 11 is 2.47. The molecule has 1 unspecified atom stereocenters. The molecular weight excluding hydrogens is 523 g/mol. The summed E-state index contributed by atoms with van der Waals surface area (Å²) < 4.78 is 14.2. The lowest BCUT2D eigenvalue weighted by atomic mass is 9.76. The monoisotopic (exact) mass is 546 g/mol. The molecule has 0 saturated carbocycles. The summed E-state index contributed by atoms with van der Waals surface area (Å²) in [6, 6.07) is 15.5. The van der Waals surface area contributed by atoms with E-state index in [1.54, 1.807) is 17.0 Å². The van der Waals surface area contributed by atoms with E-state index in [1.165, 1.54) is 35.2 Å². The molecule has 38 heavy (non-hydrogen) atoms. The first-order valence-electron chi connectivity index (χ1n) is 11.9. The van der Waals surface area contributed by atoms with Gasteiger partial charge in [-0.15, -0.1) is 10.2 Å². The number of hydrogen-bond acceptors (Lipinski definition) is 9. The first-order valence-corrected chi connectivity index (χ1v) is 13.7. The van der Waals surface area contributed by atoms with E-state index >= 15 is 0 Å². The van der Waals surface area contributed by atoms with Crippen molar-refractivity contribution in [2.45, 2.75) is 36.4 Å². The number of ketones is 1. The Morgan fingerprint density at radius 2 is 2.00 bits per heavy atom. The molecule has 11 heteroatoms. The van der Waals surface area contributed by atoms with Gasteiger partial charge in [-0.05, 0) is 49.1 Å². The fourth-order valence-electron chi connectivity index (χ4n) is 4.67. The number of Topliss-reactive ketones (excluding diaryl/α,β-unsaturated/α-hetero) is 1. The van der Waals surface area contributed by atoms with E-state index in [0.717, 1.165) is 11.3 Å². The van der Waals surface area contributed by atoms with Gasteiger partial charge in [0.05, 0.1) is 23.3 Å². The van der Waals surface area contributed by atoms with Gasteiger partial charge in [0.1, 0.15) is 11.6 Å². The van der Waals surface area contributed by atoms with Crippen LogP contribution in [0.2, 0.25) is 0 Å². The molecule has 8 nitrogen and oxygen atoms in total. The zero-order chi connectivity index (χ0) is 26.8. The summed E-state index contributed by atoms with van der Waals surface area (Å²) in [6.07, 6.45) is 1.56. The lowest BCUT2D eigenvalue weighted by molar-refractivity contribution is -0.116. The van der Waals surface area contributed by atoms with Crippen molar-refractivity contribution in [3.05, 3.63) is 88.1 Å². The Labute approximate surface area is 227 Å². The third-order valence-corrected chi connectivity index (χ3v) is 8.49. The van der Waals surface area contributed by atoms with Crippen molar-refractivity contribution in [1.82, 2.24) is 10.2 Å². The molecule has 5 rings (SSSR count). The average molecular weight is 547 g/mol. The lowest BCUT2D eigenvalue weighted by Gasteiger charge is -2.38. The van der Waals surface area contributed by atoms with Crippen LogP contribution in [0.15, 0.2) is 75.5 Å². The SMILES string of the molecule is Cc1ccccc1NC(=O)CSc1nnc(N2C(N)=C(C#N)C(c3ccc(F)cc3)C3=C2CCCC3=O)s1. The topological polar surface area (TPSA) is 125 Å². The van der Waals surface area contributed by atoms with E-state index in [1.807, 2.05) is 31.2 Å². The Balaban J connectivity index is 1.42. The van der Waals surface area contributed by atoms with Gasteiger partial charge in [0.2, 0.25) is 11.0 Å². The molecule has 2 aromatic carbocycles. The normalized spacial score (nSPS) is 17.3. The van der Waals surface area contributed by atoms with Crippen LogP contribution in [0.5, 0.6) is 0 Å². The maximum absolute atomic E-state index is 13.6. The van der Waals surface area contributed by atoms with E-state index in [-0.39, 0.29) is 28.8 Å². The number of rotatable bonds is 6. The second kappa shape index (κ2) is 10.8. The molecule has 192 valence electrons. The molecule has 2 heterocycles. The predicted molar refractivity (Wildman–Crippen MR) is 145 cm³/mol. The van der Waals surface area contributed by atoms with Gasteiger partial charge in [-0.1, -0.05) is 53.4 Å². The number of anilines is 2. The minimum absolute atomic E-state index is 0.0715. The first-order chi connectivity index (χ1) is 18.4. The number of nitrogens with zero attached hydrogens (tertiary/aromatic N) is 4. The van der Waals surface area contributed by atoms with Gasteiger partial charge in [-0.25, -0.2) is 4.39 Å². The Hall–Kier alpha value is -4.01. The van der Waals surface area contributed by atoms with Crippen LogP contribution in [0.4, 0.5) is 15.2 Å². The van der Waals surface area contributed by atoms with E-state index in [0.29, 0.717) is 45.6 Å². The number of amides is 1. The van der Waals surface area contributed by atoms with E-state index < -0.39 is 11.7 Å². The minimum atomic E-state index is -0.674. The molecule has 1 amide bonds. The molecule has 1 aromatic heterocycles. The number of benzene rings is 2. The van der Waals surface area contributed by atoms with Crippen LogP contribution in [0, 0.1) is 24.1 Å². The number of para-hydroxylation sites is 1. The Bertz CT molecular complexity index is 1520. The van der Waals surface area contributed by atoms with Gasteiger partial charge in [-0.2, -0.15) is 5.26 Å². The van der Waals surface area contributed by atoms with Gasteiger partial charge in [0.25, 0.3) is 0 Å². The number of halogens is 1. The second-order valence-electron chi connectivity index (χ2n) is 8.87. The van der Waals surface area contributed by atoms with E-state index in [4.69, 9.17) is 5.73 Å². The third kappa shape index (κ3) is 4.92. The molecule has 0 fully saturated rings. The Kier molecular flexibility index (Phi) is 7.26. The number of carbonyl (C=O) groups is 2. The van der Waals surface area contributed by atoms with Crippen LogP contribution >= 0.6 is 23.1 Å². The highest BCUT2D eigenvalue weighted by molar-refractivity contribution is 8.01. The van der Waals surface area contributed by atoms with E-state index in [2.05, 4.69) is 21.6 Å². The maximum Gasteiger partial charge on any atom is 0.234 e. The van der Waals surface area contributed by atoms with E-state index in [9.17, 15) is 19.2 Å². The summed E-state index contributed by atoms with van der Waals surface area (Å²) in [5.41, 5.74) is 10.2. The zero-order valence-corrected chi connectivity index (χ0v) is 22.0. The molecule has 2 aliphatic rings. The minimum Gasteiger partial charge on any atom is -0.384 e. The van der Waals surface area contributed by atoms with Crippen LogP contribution < -0.4 is 16.0 Å². The average Bonchev–Trinajstić information content (AvgIpc) is 3.37. The number of aryl methyl sites for hydroxylation is 1. The molecule has 0 saturated heterocycles. The third-order valence-electron chi connectivity index (χ3n) is 6.45. The van der Waals surface area contributed by atoms with Gasteiger partial charge in [-0.3, -0.25) is 14.5 Å². The smallest absolute Gasteiger partial charge is 0.234 e. The number of nitrogens with one attached hydrogen (secondary N) is 1. The highest BCUT2D eigenvalue weighted by Crippen LogP contribution is 2.47. The van der Waals surface area contributed by atoms with Crippen LogP contribution in [0.25, 0.3) is 0 Å². The van der Waals surface area contributed by atoms with Crippen LogP contribution in [0.3, 0.4) is 0 Å². The highest BCUT2D eigenvalue weighted by Gasteiger charge is 2.41. The molecule has 1 aliphatic heterocycles. The van der Waals surface area contributed by atoms with Gasteiger partial charge in [0.15, 0.2) is 10.1 Å². The number of carbonyl (C=O) groups excluding carboxylic acids is 2. The number of nitrogens with two attached hydrogens (primary N) is 1. The van der Waals surface area contributed by atoms with Crippen molar-refractivity contribution in [3.8, 4) is 6.07 Å². The summed E-state index contributed by atoms with van der Waals surface area (Å²) in [4.78, 5) is 27.3. The van der Waals surface area contributed by atoms with Crippen LogP contribution in [-0.2, 0) is 9.59 Å². The lowest BCUT2D eigenvalue weighted by Crippen LogP contribution is -2.38. The van der Waals surface area contributed by atoms with Crippen molar-refractivity contribution >= 4 is 45.6 Å². The van der Waals surface area contributed by atoms with Crippen molar-refractivity contribution < 1.29 is 14.0 Å². The van der Waals surface area contributed by atoms with Crippen molar-refractivity contribution in [3.63, 3.8) is 0 Å². The fraction of sp³-hybridized carbons (Fsp3) is 0.222. The first kappa shape index (κ1) is 25.6. The quantitative estimate of drug-likeness (QED) is 0.413. The number of aromatic nitrogens is 2. The van der Waals surface area contributed by atoms with Crippen molar-refractivity contribution in [1.29, 1.82) is 5.26 Å². The van der Waals surface area contributed by atoms with Gasteiger partial charge >= 0.3 is 0 Å². The van der Waals surface area contributed by atoms with Crippen LogP contribution in [-0.4, -0.2) is 27.6 Å².